The van der Waals surface area contributed by atoms with E-state index in [0.29, 0.717) is 11.1 Å². The Balaban J connectivity index is 1.12. The molecular weight excluding hydrogens is 585 g/mol. The van der Waals surface area contributed by atoms with Gasteiger partial charge in [0.1, 0.15) is 0 Å². The van der Waals surface area contributed by atoms with E-state index in [1.165, 1.54) is 10.8 Å². The maximum absolute atomic E-state index is 9.83. The van der Waals surface area contributed by atoms with Crippen molar-refractivity contribution in [2.45, 2.75) is 0 Å². The summed E-state index contributed by atoms with van der Waals surface area (Å²) in [6, 6.07) is 59.0. The summed E-state index contributed by atoms with van der Waals surface area (Å²) < 4.78 is 4.57. The standard InChI is InChI=1S/C44H26N4/c45-27-29-13-23-43(48-41-11-5-1-7-35(41)36-8-2-6-12-42(36)48)38(25-29)33-17-15-31(16-18-33)32-19-21-34(22-20-32)47-40-10-4-3-9-37(40)39-26-30(28-46)14-24-44(39)47/h1-26H. The van der Waals surface area contributed by atoms with Crippen LogP contribution in [0.4, 0.5) is 0 Å². The number of hydrogen-bond acceptors (Lipinski definition) is 2. The zero-order valence-corrected chi connectivity index (χ0v) is 25.8. The smallest absolute Gasteiger partial charge is 0.0991 e. The first-order valence-electron chi connectivity index (χ1n) is 15.9. The zero-order chi connectivity index (χ0) is 32.2. The van der Waals surface area contributed by atoms with Crippen molar-refractivity contribution in [1.82, 2.24) is 9.13 Å². The Morgan fingerprint density at radius 3 is 1.44 bits per heavy atom. The van der Waals surface area contributed by atoms with Gasteiger partial charge in [-0.05, 0) is 83.4 Å². The van der Waals surface area contributed by atoms with Gasteiger partial charge in [-0.15, -0.1) is 0 Å². The molecule has 0 saturated heterocycles. The number of aromatic nitrogens is 2. The molecule has 2 aromatic heterocycles. The van der Waals surface area contributed by atoms with Gasteiger partial charge in [-0.2, -0.15) is 10.5 Å². The van der Waals surface area contributed by atoms with Crippen molar-refractivity contribution < 1.29 is 0 Å². The van der Waals surface area contributed by atoms with E-state index in [-0.39, 0.29) is 0 Å². The average Bonchev–Trinajstić information content (AvgIpc) is 3.67. The van der Waals surface area contributed by atoms with Gasteiger partial charge in [-0.3, -0.25) is 0 Å². The predicted octanol–water partition coefficient (Wildman–Crippen LogP) is 11.0. The van der Waals surface area contributed by atoms with Crippen LogP contribution in [0.1, 0.15) is 11.1 Å². The van der Waals surface area contributed by atoms with Gasteiger partial charge in [-0.1, -0.05) is 91.0 Å². The number of hydrogen-bond donors (Lipinski definition) is 0. The summed E-state index contributed by atoms with van der Waals surface area (Å²) in [5, 5.41) is 23.9. The molecule has 9 aromatic rings. The number of benzene rings is 7. The highest BCUT2D eigenvalue weighted by Gasteiger charge is 2.17. The van der Waals surface area contributed by atoms with Crippen LogP contribution >= 0.6 is 0 Å². The Kier molecular flexibility index (Phi) is 6.22. The Labute approximate surface area is 277 Å². The van der Waals surface area contributed by atoms with Crippen LogP contribution in [0.25, 0.3) is 77.2 Å². The zero-order valence-electron chi connectivity index (χ0n) is 25.8. The van der Waals surface area contributed by atoms with E-state index in [1.54, 1.807) is 0 Å². The van der Waals surface area contributed by atoms with Crippen molar-refractivity contribution in [1.29, 1.82) is 10.5 Å². The van der Waals surface area contributed by atoms with Crippen molar-refractivity contribution in [3.63, 3.8) is 0 Å². The van der Waals surface area contributed by atoms with Gasteiger partial charge in [0.2, 0.25) is 0 Å². The lowest BCUT2D eigenvalue weighted by Crippen LogP contribution is -1.98. The maximum Gasteiger partial charge on any atom is 0.0991 e. The van der Waals surface area contributed by atoms with Crippen LogP contribution < -0.4 is 0 Å². The molecule has 2 heterocycles. The van der Waals surface area contributed by atoms with Crippen LogP contribution in [0.3, 0.4) is 0 Å². The quantitative estimate of drug-likeness (QED) is 0.199. The molecule has 0 fully saturated rings. The normalized spacial score (nSPS) is 11.3. The van der Waals surface area contributed by atoms with Crippen molar-refractivity contribution in [3.05, 3.63) is 169 Å². The fraction of sp³-hybridized carbons (Fsp3) is 0. The van der Waals surface area contributed by atoms with E-state index in [4.69, 9.17) is 0 Å². The second-order valence-corrected chi connectivity index (χ2v) is 12.0. The first-order chi connectivity index (χ1) is 23.7. The predicted molar refractivity (Wildman–Crippen MR) is 195 cm³/mol. The molecule has 0 atom stereocenters. The topological polar surface area (TPSA) is 57.4 Å². The molecule has 0 saturated carbocycles. The molecule has 0 spiro atoms. The fourth-order valence-corrected chi connectivity index (χ4v) is 7.18. The molecule has 4 heteroatoms. The lowest BCUT2D eigenvalue weighted by atomic mass is 9.97. The van der Waals surface area contributed by atoms with Crippen molar-refractivity contribution in [2.75, 3.05) is 0 Å². The van der Waals surface area contributed by atoms with Crippen molar-refractivity contribution in [3.8, 4) is 45.8 Å². The minimum absolute atomic E-state index is 0.628. The van der Waals surface area contributed by atoms with Crippen LogP contribution in [-0.2, 0) is 0 Å². The molecule has 9 rings (SSSR count). The largest absolute Gasteiger partial charge is 0.309 e. The van der Waals surface area contributed by atoms with Gasteiger partial charge in [0.05, 0.1) is 51.0 Å². The fourth-order valence-electron chi connectivity index (χ4n) is 7.18. The van der Waals surface area contributed by atoms with E-state index >= 15 is 0 Å². The van der Waals surface area contributed by atoms with Crippen LogP contribution in [0.5, 0.6) is 0 Å². The molecule has 0 radical (unpaired) electrons. The monoisotopic (exact) mass is 610 g/mol. The molecule has 0 N–H and O–H groups in total. The SMILES string of the molecule is N#Cc1ccc(-n2c3ccccc3c3ccccc32)c(-c2ccc(-c3ccc(-n4c5ccccc5c5cc(C#N)ccc54)cc3)cc2)c1. The summed E-state index contributed by atoms with van der Waals surface area (Å²) in [5.41, 5.74) is 12.1. The number of nitriles is 2. The van der Waals surface area contributed by atoms with Gasteiger partial charge in [-0.25, -0.2) is 0 Å². The van der Waals surface area contributed by atoms with Crippen molar-refractivity contribution in [2.24, 2.45) is 0 Å². The van der Waals surface area contributed by atoms with Gasteiger partial charge in [0.25, 0.3) is 0 Å². The van der Waals surface area contributed by atoms with E-state index in [1.807, 2.05) is 36.4 Å². The summed E-state index contributed by atoms with van der Waals surface area (Å²) in [7, 11) is 0. The number of para-hydroxylation sites is 3. The van der Waals surface area contributed by atoms with Crippen LogP contribution in [-0.4, -0.2) is 9.13 Å². The summed E-state index contributed by atoms with van der Waals surface area (Å²) in [6.45, 7) is 0. The molecule has 222 valence electrons. The van der Waals surface area contributed by atoms with Crippen LogP contribution in [0.2, 0.25) is 0 Å². The summed E-state index contributed by atoms with van der Waals surface area (Å²) in [4.78, 5) is 0. The molecule has 0 unspecified atom stereocenters. The van der Waals surface area contributed by atoms with E-state index in [9.17, 15) is 10.5 Å². The van der Waals surface area contributed by atoms with Crippen molar-refractivity contribution >= 4 is 43.6 Å². The highest BCUT2D eigenvalue weighted by molar-refractivity contribution is 6.10. The number of fused-ring (bicyclic) bond motifs is 6. The second-order valence-electron chi connectivity index (χ2n) is 12.0. The molecule has 7 aromatic carbocycles. The highest BCUT2D eigenvalue weighted by Crippen LogP contribution is 2.38. The molecular formula is C44H26N4. The molecule has 0 amide bonds. The molecule has 0 aliphatic heterocycles. The van der Waals surface area contributed by atoms with Gasteiger partial charge < -0.3 is 9.13 Å². The first kappa shape index (κ1) is 27.4. The van der Waals surface area contributed by atoms with Crippen LogP contribution in [0.15, 0.2) is 158 Å². The Morgan fingerprint density at radius 1 is 0.375 bits per heavy atom. The molecule has 4 nitrogen and oxygen atoms in total. The third-order valence-electron chi connectivity index (χ3n) is 9.40. The summed E-state index contributed by atoms with van der Waals surface area (Å²) in [5.74, 6) is 0. The average molecular weight is 611 g/mol. The van der Waals surface area contributed by atoms with Gasteiger partial charge >= 0.3 is 0 Å². The van der Waals surface area contributed by atoms with Crippen LogP contribution in [0, 0.1) is 22.7 Å². The van der Waals surface area contributed by atoms with Gasteiger partial charge in [0, 0.05) is 32.8 Å². The van der Waals surface area contributed by atoms with E-state index in [2.05, 4.69) is 143 Å². The lowest BCUT2D eigenvalue weighted by molar-refractivity contribution is 1.18. The molecule has 0 bridgehead atoms. The second kappa shape index (κ2) is 10.9. The summed E-state index contributed by atoms with van der Waals surface area (Å²) in [6.07, 6.45) is 0. The van der Waals surface area contributed by atoms with E-state index < -0.39 is 0 Å². The third kappa shape index (κ3) is 4.22. The maximum atomic E-state index is 9.83. The minimum Gasteiger partial charge on any atom is -0.309 e. The highest BCUT2D eigenvalue weighted by atomic mass is 15.0. The number of rotatable bonds is 4. The first-order valence-corrected chi connectivity index (χ1v) is 15.9. The van der Waals surface area contributed by atoms with E-state index in [0.717, 1.165) is 66.5 Å². The molecule has 0 aliphatic carbocycles. The Bertz CT molecular complexity index is 2730. The Hall–Kier alpha value is -6.88. The summed E-state index contributed by atoms with van der Waals surface area (Å²) >= 11 is 0. The molecule has 48 heavy (non-hydrogen) atoms. The number of nitrogens with zero attached hydrogens (tertiary/aromatic N) is 4. The minimum atomic E-state index is 0.628. The Morgan fingerprint density at radius 2 is 0.833 bits per heavy atom. The van der Waals surface area contributed by atoms with Gasteiger partial charge in [0.15, 0.2) is 0 Å². The molecule has 0 aliphatic rings. The third-order valence-corrected chi connectivity index (χ3v) is 9.40. The lowest BCUT2D eigenvalue weighted by Gasteiger charge is -2.15.